The summed E-state index contributed by atoms with van der Waals surface area (Å²) in [5.41, 5.74) is -0.413. The molecule has 1 N–H and O–H groups in total. The fourth-order valence-electron chi connectivity index (χ4n) is 2.11. The van der Waals surface area contributed by atoms with Gasteiger partial charge in [0.1, 0.15) is 0 Å². The first-order chi connectivity index (χ1) is 9.78. The maximum atomic E-state index is 10.1. The van der Waals surface area contributed by atoms with Gasteiger partial charge in [0.15, 0.2) is 0 Å². The van der Waals surface area contributed by atoms with E-state index in [-0.39, 0.29) is 0 Å². The Morgan fingerprint density at radius 2 is 2.00 bits per heavy atom. The van der Waals surface area contributed by atoms with E-state index in [4.69, 9.17) is 4.65 Å². The minimum Gasteiger partial charge on any atom is -0.427 e. The van der Waals surface area contributed by atoms with Gasteiger partial charge in [0.05, 0.1) is 11.2 Å². The smallest absolute Gasteiger partial charge is 0.312 e. The Kier molecular flexibility index (Phi) is 5.12. The van der Waals surface area contributed by atoms with Gasteiger partial charge in [0.25, 0.3) is 0 Å². The van der Waals surface area contributed by atoms with Crippen molar-refractivity contribution in [3.05, 3.63) is 12.4 Å². The zero-order valence-corrected chi connectivity index (χ0v) is 13.8. The van der Waals surface area contributed by atoms with Crippen LogP contribution in [0.5, 0.6) is 0 Å². The molecule has 1 aliphatic rings. The molecule has 21 heavy (non-hydrogen) atoms. The van der Waals surface area contributed by atoms with Crippen LogP contribution in [-0.2, 0) is 11.2 Å². The molecule has 0 atom stereocenters. The third kappa shape index (κ3) is 4.56. The van der Waals surface area contributed by atoms with Gasteiger partial charge < -0.3 is 14.7 Å². The maximum Gasteiger partial charge on any atom is 0.312 e. The quantitative estimate of drug-likeness (QED) is 0.710. The lowest BCUT2D eigenvalue weighted by atomic mass is 9.84. The molecular weight excluding hydrogens is 265 g/mol. The van der Waals surface area contributed by atoms with Crippen molar-refractivity contribution in [2.45, 2.75) is 58.3 Å². The van der Waals surface area contributed by atoms with Gasteiger partial charge in [-0.25, -0.2) is 0 Å². The second-order valence-electron chi connectivity index (χ2n) is 7.02. The first kappa shape index (κ1) is 16.5. The lowest BCUT2D eigenvalue weighted by Gasteiger charge is -2.37. The molecule has 0 aromatic carbocycles. The summed E-state index contributed by atoms with van der Waals surface area (Å²) in [5, 5.41) is 14.5. The number of aryl methyl sites for hydroxylation is 1. The van der Waals surface area contributed by atoms with E-state index in [0.29, 0.717) is 7.48 Å². The monoisotopic (exact) mass is 293 g/mol. The van der Waals surface area contributed by atoms with Gasteiger partial charge >= 0.3 is 7.48 Å². The predicted molar refractivity (Wildman–Crippen MR) is 86.1 cm³/mol. The SMILES string of the molecule is CC(C)(O)C(C)(C)OBc1cnn(CCCN2CCC2)c1. The fraction of sp³-hybridized carbons (Fsp3) is 0.800. The minimum atomic E-state index is -0.875. The normalized spacial score (nSPS) is 16.8. The summed E-state index contributed by atoms with van der Waals surface area (Å²) in [6.07, 6.45) is 6.37. The van der Waals surface area contributed by atoms with Crippen LogP contribution < -0.4 is 5.46 Å². The lowest BCUT2D eigenvalue weighted by Crippen LogP contribution is -2.49. The summed E-state index contributed by atoms with van der Waals surface area (Å²) >= 11 is 0. The standard InChI is InChI=1S/C15H28BN3O2/c1-14(2,20)15(3,4)21-16-13-11-17-19(12-13)10-6-9-18-7-5-8-18/h11-12,16,20H,5-10H2,1-4H3. The van der Waals surface area contributed by atoms with Gasteiger partial charge in [-0.1, -0.05) is 0 Å². The Morgan fingerprint density at radius 1 is 1.29 bits per heavy atom. The second kappa shape index (κ2) is 6.50. The largest absolute Gasteiger partial charge is 0.427 e. The number of hydrogen-bond donors (Lipinski definition) is 1. The first-order valence-electron chi connectivity index (χ1n) is 7.88. The first-order valence-corrected chi connectivity index (χ1v) is 7.88. The van der Waals surface area contributed by atoms with Gasteiger partial charge in [0, 0.05) is 18.9 Å². The summed E-state index contributed by atoms with van der Waals surface area (Å²) in [4.78, 5) is 2.47. The number of rotatable bonds is 8. The van der Waals surface area contributed by atoms with Crippen LogP contribution >= 0.6 is 0 Å². The summed E-state index contributed by atoms with van der Waals surface area (Å²) in [7, 11) is 0.475. The van der Waals surface area contributed by atoms with Crippen LogP contribution in [-0.4, -0.2) is 58.1 Å². The van der Waals surface area contributed by atoms with E-state index in [1.54, 1.807) is 13.8 Å². The summed E-state index contributed by atoms with van der Waals surface area (Å²) in [6, 6.07) is 0. The Balaban J connectivity index is 1.74. The van der Waals surface area contributed by atoms with E-state index in [9.17, 15) is 5.11 Å². The average Bonchev–Trinajstić information content (AvgIpc) is 2.76. The van der Waals surface area contributed by atoms with Crippen molar-refractivity contribution < 1.29 is 9.76 Å². The highest BCUT2D eigenvalue weighted by Gasteiger charge is 2.35. The molecule has 0 saturated carbocycles. The van der Waals surface area contributed by atoms with Crippen molar-refractivity contribution in [3.63, 3.8) is 0 Å². The molecule has 0 unspecified atom stereocenters. The predicted octanol–water partition coefficient (Wildman–Crippen LogP) is 0.522. The molecule has 1 aromatic heterocycles. The van der Waals surface area contributed by atoms with Crippen LogP contribution in [0.1, 0.15) is 40.5 Å². The van der Waals surface area contributed by atoms with E-state index in [1.165, 1.54) is 19.5 Å². The zero-order chi connectivity index (χ0) is 15.5. The highest BCUT2D eigenvalue weighted by Crippen LogP contribution is 2.24. The van der Waals surface area contributed by atoms with E-state index in [1.807, 2.05) is 30.9 Å². The molecular formula is C15H28BN3O2. The molecule has 0 bridgehead atoms. The Labute approximate surface area is 128 Å². The number of aliphatic hydroxyl groups is 1. The average molecular weight is 293 g/mol. The molecule has 0 radical (unpaired) electrons. The molecule has 118 valence electrons. The van der Waals surface area contributed by atoms with Crippen LogP contribution in [0.2, 0.25) is 0 Å². The van der Waals surface area contributed by atoms with E-state index >= 15 is 0 Å². The number of aromatic nitrogens is 2. The van der Waals surface area contributed by atoms with Crippen LogP contribution in [0, 0.1) is 0 Å². The van der Waals surface area contributed by atoms with Gasteiger partial charge in [0.2, 0.25) is 0 Å². The van der Waals surface area contributed by atoms with Crippen molar-refractivity contribution in [3.8, 4) is 0 Å². The Bertz CT molecular complexity index is 450. The van der Waals surface area contributed by atoms with Gasteiger partial charge in [-0.2, -0.15) is 5.10 Å². The molecule has 0 aliphatic carbocycles. The van der Waals surface area contributed by atoms with Crippen LogP contribution in [0.25, 0.3) is 0 Å². The molecule has 1 fully saturated rings. The Hall–Kier alpha value is -0.845. The van der Waals surface area contributed by atoms with Crippen molar-refractivity contribution in [2.24, 2.45) is 0 Å². The van der Waals surface area contributed by atoms with Crippen molar-refractivity contribution in [1.82, 2.24) is 14.7 Å². The van der Waals surface area contributed by atoms with E-state index in [2.05, 4.69) is 10.00 Å². The van der Waals surface area contributed by atoms with Crippen LogP contribution in [0.3, 0.4) is 0 Å². The molecule has 0 spiro atoms. The summed E-state index contributed by atoms with van der Waals surface area (Å²) in [6.45, 7) is 12.0. The lowest BCUT2D eigenvalue weighted by molar-refractivity contribution is -0.0893. The zero-order valence-electron chi connectivity index (χ0n) is 13.8. The molecule has 1 aromatic rings. The number of hydrogen-bond acceptors (Lipinski definition) is 4. The van der Waals surface area contributed by atoms with Crippen molar-refractivity contribution in [2.75, 3.05) is 19.6 Å². The van der Waals surface area contributed by atoms with Crippen molar-refractivity contribution >= 4 is 12.9 Å². The molecule has 1 aliphatic heterocycles. The molecule has 2 heterocycles. The summed E-state index contributed by atoms with van der Waals surface area (Å²) < 4.78 is 7.83. The second-order valence-corrected chi connectivity index (χ2v) is 7.02. The number of likely N-dealkylation sites (tertiary alicyclic amines) is 1. The maximum absolute atomic E-state index is 10.1. The topological polar surface area (TPSA) is 50.5 Å². The summed E-state index contributed by atoms with van der Waals surface area (Å²) in [5.74, 6) is 0. The molecule has 0 amide bonds. The molecule has 6 heteroatoms. The van der Waals surface area contributed by atoms with Gasteiger partial charge in [-0.3, -0.25) is 4.68 Å². The van der Waals surface area contributed by atoms with Gasteiger partial charge in [-0.15, -0.1) is 0 Å². The molecule has 1 saturated heterocycles. The fourth-order valence-corrected chi connectivity index (χ4v) is 2.11. The molecule has 5 nitrogen and oxygen atoms in total. The van der Waals surface area contributed by atoms with E-state index in [0.717, 1.165) is 25.0 Å². The van der Waals surface area contributed by atoms with Crippen LogP contribution in [0.4, 0.5) is 0 Å². The third-order valence-corrected chi connectivity index (χ3v) is 4.57. The van der Waals surface area contributed by atoms with E-state index < -0.39 is 11.2 Å². The van der Waals surface area contributed by atoms with Crippen molar-refractivity contribution in [1.29, 1.82) is 0 Å². The van der Waals surface area contributed by atoms with Crippen LogP contribution in [0.15, 0.2) is 12.4 Å². The number of nitrogens with zero attached hydrogens (tertiary/aromatic N) is 3. The van der Waals surface area contributed by atoms with Gasteiger partial charge in [-0.05, 0) is 65.6 Å². The third-order valence-electron chi connectivity index (χ3n) is 4.57. The molecule has 2 rings (SSSR count). The highest BCUT2D eigenvalue weighted by molar-refractivity contribution is 6.46. The highest BCUT2D eigenvalue weighted by atomic mass is 16.5. The minimum absolute atomic E-state index is 0.475. The Morgan fingerprint density at radius 3 is 2.57 bits per heavy atom.